The second kappa shape index (κ2) is 8.09. The van der Waals surface area contributed by atoms with Gasteiger partial charge < -0.3 is 5.32 Å². The number of anilines is 1. The fourth-order valence-electron chi connectivity index (χ4n) is 3.59. The first-order chi connectivity index (χ1) is 13.1. The summed E-state index contributed by atoms with van der Waals surface area (Å²) in [6, 6.07) is 1.46. The van der Waals surface area contributed by atoms with Crippen molar-refractivity contribution in [3.05, 3.63) is 11.8 Å². The molecule has 10 nitrogen and oxygen atoms in total. The Labute approximate surface area is 165 Å². The average Bonchev–Trinajstić information content (AvgIpc) is 3.16. The van der Waals surface area contributed by atoms with Gasteiger partial charge >= 0.3 is 0 Å². The minimum absolute atomic E-state index is 0.0326. The predicted molar refractivity (Wildman–Crippen MR) is 105 cm³/mol. The van der Waals surface area contributed by atoms with Crippen molar-refractivity contribution in [2.24, 2.45) is 0 Å². The standard InChI is InChI=1S/C16H27N5O5S2/c1-3-28(25,26)20-7-5-19(6-8-20)11-16(22)17-15-10-13(2)18-21(15)14-4-9-27(23,24)12-14/h10,14H,3-9,11-12H2,1-2H3,(H,17,22). The summed E-state index contributed by atoms with van der Waals surface area (Å²) >= 11 is 0. The summed E-state index contributed by atoms with van der Waals surface area (Å²) in [6.07, 6.45) is 0.486. The number of carbonyl (C=O) groups is 1. The smallest absolute Gasteiger partial charge is 0.239 e. The molecular formula is C16H27N5O5S2. The molecule has 28 heavy (non-hydrogen) atoms. The molecule has 2 aliphatic heterocycles. The van der Waals surface area contributed by atoms with E-state index in [9.17, 15) is 21.6 Å². The summed E-state index contributed by atoms with van der Waals surface area (Å²) in [7, 11) is -6.26. The molecule has 0 aliphatic carbocycles. The van der Waals surface area contributed by atoms with Crippen molar-refractivity contribution < 1.29 is 21.6 Å². The summed E-state index contributed by atoms with van der Waals surface area (Å²) in [5.41, 5.74) is 0.706. The monoisotopic (exact) mass is 433 g/mol. The van der Waals surface area contributed by atoms with Crippen LogP contribution >= 0.6 is 0 Å². The minimum atomic E-state index is -3.20. The Morgan fingerprint density at radius 1 is 1.29 bits per heavy atom. The summed E-state index contributed by atoms with van der Waals surface area (Å²) < 4.78 is 50.4. The minimum Gasteiger partial charge on any atom is -0.310 e. The van der Waals surface area contributed by atoms with E-state index in [1.165, 1.54) is 4.31 Å². The number of nitrogens with zero attached hydrogens (tertiary/aromatic N) is 4. The number of hydrogen-bond acceptors (Lipinski definition) is 7. The average molecular weight is 434 g/mol. The molecule has 2 fully saturated rings. The number of hydrogen-bond donors (Lipinski definition) is 1. The Morgan fingerprint density at radius 3 is 2.54 bits per heavy atom. The van der Waals surface area contributed by atoms with Crippen LogP contribution < -0.4 is 5.32 Å². The number of nitrogens with one attached hydrogen (secondary N) is 1. The normalized spacial score (nSPS) is 23.7. The molecule has 1 aromatic heterocycles. The number of aryl methyl sites for hydroxylation is 1. The summed E-state index contributed by atoms with van der Waals surface area (Å²) in [6.45, 7) is 5.30. The maximum atomic E-state index is 12.5. The second-order valence-electron chi connectivity index (χ2n) is 7.30. The van der Waals surface area contributed by atoms with Crippen LogP contribution in [0.2, 0.25) is 0 Å². The van der Waals surface area contributed by atoms with Crippen LogP contribution in [0.1, 0.15) is 25.1 Å². The van der Waals surface area contributed by atoms with Crippen LogP contribution in [0.15, 0.2) is 6.07 Å². The topological polar surface area (TPSA) is 122 Å². The molecule has 3 heterocycles. The third-order valence-electron chi connectivity index (χ3n) is 5.14. The van der Waals surface area contributed by atoms with Crippen LogP contribution in [0.4, 0.5) is 5.82 Å². The Hall–Kier alpha value is -1.50. The quantitative estimate of drug-likeness (QED) is 0.639. The third kappa shape index (κ3) is 4.91. The molecule has 158 valence electrons. The molecule has 0 bridgehead atoms. The molecular weight excluding hydrogens is 406 g/mol. The fraction of sp³-hybridized carbons (Fsp3) is 0.750. The third-order valence-corrected chi connectivity index (χ3v) is 8.77. The van der Waals surface area contributed by atoms with Crippen LogP contribution in [-0.4, -0.2) is 91.7 Å². The summed E-state index contributed by atoms with van der Waals surface area (Å²) in [5.74, 6) is 0.513. The molecule has 2 saturated heterocycles. The van der Waals surface area contributed by atoms with Crippen molar-refractivity contribution in [3.8, 4) is 0 Å². The summed E-state index contributed by atoms with van der Waals surface area (Å²) in [5, 5.41) is 7.18. The molecule has 1 unspecified atom stereocenters. The van der Waals surface area contributed by atoms with Crippen molar-refractivity contribution in [2.75, 3.05) is 55.3 Å². The van der Waals surface area contributed by atoms with Crippen molar-refractivity contribution in [2.45, 2.75) is 26.3 Å². The van der Waals surface area contributed by atoms with E-state index < -0.39 is 19.9 Å². The maximum Gasteiger partial charge on any atom is 0.239 e. The maximum absolute atomic E-state index is 12.5. The van der Waals surface area contributed by atoms with Crippen molar-refractivity contribution in [1.82, 2.24) is 19.0 Å². The molecule has 0 spiro atoms. The fourth-order valence-corrected chi connectivity index (χ4v) is 6.37. The lowest BCUT2D eigenvalue weighted by atomic mass is 10.3. The van der Waals surface area contributed by atoms with Crippen LogP contribution in [0.5, 0.6) is 0 Å². The Morgan fingerprint density at radius 2 is 1.96 bits per heavy atom. The predicted octanol–water partition coefficient (Wildman–Crippen LogP) is -0.543. The highest BCUT2D eigenvalue weighted by molar-refractivity contribution is 7.91. The van der Waals surface area contributed by atoms with Crippen LogP contribution in [0.3, 0.4) is 0 Å². The highest BCUT2D eigenvalue weighted by atomic mass is 32.2. The van der Waals surface area contributed by atoms with Gasteiger partial charge in [-0.05, 0) is 20.3 Å². The Bertz CT molecular complexity index is 933. The van der Waals surface area contributed by atoms with Gasteiger partial charge in [0.25, 0.3) is 0 Å². The first-order valence-corrected chi connectivity index (χ1v) is 12.8. The Kier molecular flexibility index (Phi) is 6.13. The van der Waals surface area contributed by atoms with E-state index in [1.54, 1.807) is 24.6 Å². The van der Waals surface area contributed by atoms with Crippen molar-refractivity contribution in [1.29, 1.82) is 0 Å². The number of piperazine rings is 1. The Balaban J connectivity index is 1.58. The number of carbonyl (C=O) groups excluding carboxylic acids is 1. The first-order valence-electron chi connectivity index (χ1n) is 9.36. The highest BCUT2D eigenvalue weighted by Gasteiger charge is 2.32. The van der Waals surface area contributed by atoms with E-state index in [2.05, 4.69) is 10.4 Å². The molecule has 1 amide bonds. The van der Waals surface area contributed by atoms with E-state index >= 15 is 0 Å². The van der Waals surface area contributed by atoms with E-state index in [1.807, 2.05) is 4.90 Å². The van der Waals surface area contributed by atoms with Gasteiger partial charge in [-0.3, -0.25) is 9.69 Å². The molecule has 0 radical (unpaired) electrons. The number of rotatable bonds is 6. The van der Waals surface area contributed by atoms with E-state index in [0.29, 0.717) is 44.1 Å². The van der Waals surface area contributed by atoms with Gasteiger partial charge in [0.05, 0.1) is 35.5 Å². The zero-order chi connectivity index (χ0) is 20.5. The molecule has 0 saturated carbocycles. The molecule has 2 aliphatic rings. The molecule has 1 N–H and O–H groups in total. The van der Waals surface area contributed by atoms with Crippen LogP contribution in [0, 0.1) is 6.92 Å². The lowest BCUT2D eigenvalue weighted by molar-refractivity contribution is -0.117. The second-order valence-corrected chi connectivity index (χ2v) is 11.8. The van der Waals surface area contributed by atoms with Gasteiger partial charge in [0.1, 0.15) is 5.82 Å². The number of sulfonamides is 1. The highest BCUT2D eigenvalue weighted by Crippen LogP contribution is 2.27. The zero-order valence-corrected chi connectivity index (χ0v) is 17.8. The SMILES string of the molecule is CCS(=O)(=O)N1CCN(CC(=O)Nc2cc(C)nn2C2CCS(=O)(=O)C2)CC1. The van der Waals surface area contributed by atoms with Gasteiger partial charge in [-0.1, -0.05) is 0 Å². The van der Waals surface area contributed by atoms with Gasteiger partial charge in [0.15, 0.2) is 9.84 Å². The number of amides is 1. The lowest BCUT2D eigenvalue weighted by Gasteiger charge is -2.33. The zero-order valence-electron chi connectivity index (χ0n) is 16.2. The van der Waals surface area contributed by atoms with Gasteiger partial charge in [0, 0.05) is 32.2 Å². The van der Waals surface area contributed by atoms with Crippen LogP contribution in [0.25, 0.3) is 0 Å². The summed E-state index contributed by atoms with van der Waals surface area (Å²) in [4.78, 5) is 14.4. The number of aromatic nitrogens is 2. The molecule has 0 aromatic carbocycles. The first kappa shape index (κ1) is 21.2. The molecule has 12 heteroatoms. The van der Waals surface area contributed by atoms with E-state index in [4.69, 9.17) is 0 Å². The van der Waals surface area contributed by atoms with E-state index in [0.717, 1.165) is 0 Å². The molecule has 1 aromatic rings. The lowest BCUT2D eigenvalue weighted by Crippen LogP contribution is -2.50. The van der Waals surface area contributed by atoms with Gasteiger partial charge in [-0.2, -0.15) is 9.40 Å². The van der Waals surface area contributed by atoms with Crippen molar-refractivity contribution in [3.63, 3.8) is 0 Å². The van der Waals surface area contributed by atoms with Crippen LogP contribution in [-0.2, 0) is 24.7 Å². The van der Waals surface area contributed by atoms with Gasteiger partial charge in [-0.25, -0.2) is 21.5 Å². The molecule has 3 rings (SSSR count). The van der Waals surface area contributed by atoms with E-state index in [-0.39, 0.29) is 35.8 Å². The van der Waals surface area contributed by atoms with Gasteiger partial charge in [0.2, 0.25) is 15.9 Å². The largest absolute Gasteiger partial charge is 0.310 e. The van der Waals surface area contributed by atoms with Crippen molar-refractivity contribution >= 4 is 31.6 Å². The van der Waals surface area contributed by atoms with Gasteiger partial charge in [-0.15, -0.1) is 0 Å². The molecule has 1 atom stereocenters. The number of sulfone groups is 1.